The largest absolute Gasteiger partial charge is 0.377 e. The maximum atomic E-state index is 9.13. The van der Waals surface area contributed by atoms with Crippen molar-refractivity contribution in [3.63, 3.8) is 0 Å². The minimum absolute atomic E-state index is 0.154. The number of pyridine rings is 1. The molecule has 2 N–H and O–H groups in total. The van der Waals surface area contributed by atoms with Crippen molar-refractivity contribution >= 4 is 16.6 Å². The smallest absolute Gasteiger partial charge is 0.101 e. The highest BCUT2D eigenvalue weighted by atomic mass is 15.1. The summed E-state index contributed by atoms with van der Waals surface area (Å²) in [6, 6.07) is 12.7. The summed E-state index contributed by atoms with van der Waals surface area (Å²) < 4.78 is 2.03. The Kier molecular flexibility index (Phi) is 3.87. The first-order chi connectivity index (χ1) is 13.7. The van der Waals surface area contributed by atoms with Gasteiger partial charge in [-0.2, -0.15) is 10.4 Å². The molecule has 0 fully saturated rings. The molecule has 5 rings (SSSR count). The van der Waals surface area contributed by atoms with Crippen LogP contribution in [0.15, 0.2) is 48.9 Å². The molecule has 0 saturated carbocycles. The van der Waals surface area contributed by atoms with Gasteiger partial charge in [0.05, 0.1) is 22.8 Å². The van der Waals surface area contributed by atoms with Gasteiger partial charge in [-0.05, 0) is 55.2 Å². The molecule has 0 bridgehead atoms. The fourth-order valence-corrected chi connectivity index (χ4v) is 4.04. The van der Waals surface area contributed by atoms with E-state index in [1.165, 1.54) is 5.56 Å². The zero-order chi connectivity index (χ0) is 19.1. The van der Waals surface area contributed by atoms with Crippen molar-refractivity contribution < 1.29 is 0 Å². The van der Waals surface area contributed by atoms with Crippen LogP contribution in [0.4, 0.5) is 5.69 Å². The van der Waals surface area contributed by atoms with Crippen LogP contribution in [-0.4, -0.2) is 19.7 Å². The van der Waals surface area contributed by atoms with Crippen LogP contribution in [0.25, 0.3) is 22.2 Å². The van der Waals surface area contributed by atoms with Crippen LogP contribution in [0.3, 0.4) is 0 Å². The van der Waals surface area contributed by atoms with Crippen LogP contribution in [0.5, 0.6) is 0 Å². The Labute approximate surface area is 162 Å². The number of fused-ring (bicyclic) bond motifs is 2. The van der Waals surface area contributed by atoms with Crippen molar-refractivity contribution in [2.45, 2.75) is 25.3 Å². The molecule has 1 aliphatic carbocycles. The van der Waals surface area contributed by atoms with Gasteiger partial charge in [0, 0.05) is 42.3 Å². The zero-order valence-corrected chi connectivity index (χ0v) is 15.6. The third-order valence-corrected chi connectivity index (χ3v) is 5.41. The molecule has 4 aromatic rings. The van der Waals surface area contributed by atoms with Gasteiger partial charge in [0.1, 0.15) is 11.8 Å². The second kappa shape index (κ2) is 6.54. The van der Waals surface area contributed by atoms with E-state index in [0.717, 1.165) is 52.8 Å². The number of nitrogens with zero attached hydrogens (tertiary/aromatic N) is 4. The third-order valence-electron chi connectivity index (χ3n) is 5.41. The first kappa shape index (κ1) is 16.6. The number of hydrogen-bond donors (Lipinski definition) is 2. The lowest BCUT2D eigenvalue weighted by Crippen LogP contribution is -2.19. The second-order valence-corrected chi connectivity index (χ2v) is 7.37. The normalized spacial score (nSPS) is 15.9. The fourth-order valence-electron chi connectivity index (χ4n) is 4.04. The quantitative estimate of drug-likeness (QED) is 0.564. The summed E-state index contributed by atoms with van der Waals surface area (Å²) in [5.74, 6) is 0. The number of nitriles is 1. The Bertz CT molecular complexity index is 1210. The maximum Gasteiger partial charge on any atom is 0.101 e. The average molecular weight is 368 g/mol. The Balaban J connectivity index is 1.49. The van der Waals surface area contributed by atoms with E-state index in [1.54, 1.807) is 6.20 Å². The average Bonchev–Trinajstić information content (AvgIpc) is 3.33. The molecule has 0 amide bonds. The van der Waals surface area contributed by atoms with E-state index in [2.05, 4.69) is 57.0 Å². The number of aryl methyl sites for hydroxylation is 2. The molecule has 1 aromatic carbocycles. The van der Waals surface area contributed by atoms with E-state index in [0.29, 0.717) is 5.56 Å². The Morgan fingerprint density at radius 1 is 1.29 bits per heavy atom. The molecule has 3 heterocycles. The summed E-state index contributed by atoms with van der Waals surface area (Å²) in [6.45, 7) is 0. The van der Waals surface area contributed by atoms with Crippen molar-refractivity contribution in [2.24, 2.45) is 7.05 Å². The molecule has 6 heteroatoms. The lowest BCUT2D eigenvalue weighted by atomic mass is 9.91. The molecule has 138 valence electrons. The predicted molar refractivity (Wildman–Crippen MR) is 109 cm³/mol. The van der Waals surface area contributed by atoms with Crippen molar-refractivity contribution in [3.05, 3.63) is 65.7 Å². The zero-order valence-electron chi connectivity index (χ0n) is 15.6. The van der Waals surface area contributed by atoms with Gasteiger partial charge in [-0.15, -0.1) is 0 Å². The topological polar surface area (TPSA) is 82.3 Å². The highest BCUT2D eigenvalue weighted by Crippen LogP contribution is 2.34. The molecule has 3 aromatic heterocycles. The summed E-state index contributed by atoms with van der Waals surface area (Å²) >= 11 is 0. The van der Waals surface area contributed by atoms with Gasteiger partial charge in [0.2, 0.25) is 0 Å². The lowest BCUT2D eigenvalue weighted by Gasteiger charge is -2.26. The van der Waals surface area contributed by atoms with Crippen LogP contribution < -0.4 is 5.32 Å². The van der Waals surface area contributed by atoms with Gasteiger partial charge in [-0.3, -0.25) is 10.1 Å². The molecule has 0 radical (unpaired) electrons. The van der Waals surface area contributed by atoms with E-state index in [4.69, 9.17) is 5.26 Å². The third kappa shape index (κ3) is 2.81. The minimum atomic E-state index is 0.154. The number of anilines is 1. The van der Waals surface area contributed by atoms with Crippen molar-refractivity contribution in [1.82, 2.24) is 19.7 Å². The summed E-state index contributed by atoms with van der Waals surface area (Å²) in [4.78, 5) is 4.58. The van der Waals surface area contributed by atoms with Crippen LogP contribution in [-0.2, 0) is 13.5 Å². The number of aromatic nitrogens is 4. The van der Waals surface area contributed by atoms with E-state index in [-0.39, 0.29) is 6.04 Å². The lowest BCUT2D eigenvalue weighted by molar-refractivity contribution is 0.583. The van der Waals surface area contributed by atoms with Gasteiger partial charge < -0.3 is 9.88 Å². The summed E-state index contributed by atoms with van der Waals surface area (Å²) in [6.07, 6.45) is 8.87. The molecular weight excluding hydrogens is 348 g/mol. The first-order valence-corrected chi connectivity index (χ1v) is 9.47. The van der Waals surface area contributed by atoms with Gasteiger partial charge in [-0.25, -0.2) is 0 Å². The number of H-pyrrole nitrogens is 1. The Morgan fingerprint density at radius 2 is 2.21 bits per heavy atom. The van der Waals surface area contributed by atoms with E-state index in [1.807, 2.05) is 23.9 Å². The van der Waals surface area contributed by atoms with Crippen LogP contribution in [0, 0.1) is 11.3 Å². The summed E-state index contributed by atoms with van der Waals surface area (Å²) in [7, 11) is 2.01. The molecule has 0 saturated heterocycles. The maximum absolute atomic E-state index is 9.13. The van der Waals surface area contributed by atoms with Gasteiger partial charge in [-0.1, -0.05) is 0 Å². The fraction of sp³-hybridized carbons (Fsp3) is 0.227. The standard InChI is InChI=1S/C22H20N6/c1-28-8-7-16(13-28)21-18-10-17(5-6-19(18)26-27-21)25-20-4-2-3-15-9-14(11-23)12-24-22(15)20/h5-10,12-13,20,25H,2-4H2,1H3,(H,26,27)/t20-/m0/s1. The number of rotatable bonds is 3. The number of benzene rings is 1. The monoisotopic (exact) mass is 368 g/mol. The van der Waals surface area contributed by atoms with Crippen molar-refractivity contribution in [2.75, 3.05) is 5.32 Å². The molecule has 0 spiro atoms. The van der Waals surface area contributed by atoms with E-state index < -0.39 is 0 Å². The second-order valence-electron chi connectivity index (χ2n) is 7.37. The van der Waals surface area contributed by atoms with Gasteiger partial charge >= 0.3 is 0 Å². The molecule has 0 unspecified atom stereocenters. The molecule has 1 atom stereocenters. The van der Waals surface area contributed by atoms with Crippen LogP contribution >= 0.6 is 0 Å². The van der Waals surface area contributed by atoms with Gasteiger partial charge in [0.15, 0.2) is 0 Å². The van der Waals surface area contributed by atoms with Crippen LogP contribution in [0.2, 0.25) is 0 Å². The molecule has 0 aliphatic heterocycles. The predicted octanol–water partition coefficient (Wildman–Crippen LogP) is 4.32. The first-order valence-electron chi connectivity index (χ1n) is 9.47. The highest BCUT2D eigenvalue weighted by Gasteiger charge is 2.22. The minimum Gasteiger partial charge on any atom is -0.377 e. The number of aromatic amines is 1. The summed E-state index contributed by atoms with van der Waals surface area (Å²) in [5, 5.41) is 21.5. The SMILES string of the molecule is Cn1ccc(-c2n[nH]c3ccc(N[C@H]4CCCc5cc(C#N)cnc54)cc23)c1. The van der Waals surface area contributed by atoms with E-state index in [9.17, 15) is 0 Å². The van der Waals surface area contributed by atoms with E-state index >= 15 is 0 Å². The molecule has 28 heavy (non-hydrogen) atoms. The summed E-state index contributed by atoms with van der Waals surface area (Å²) in [5.41, 5.74) is 6.99. The van der Waals surface area contributed by atoms with Crippen LogP contribution in [0.1, 0.15) is 35.7 Å². The van der Waals surface area contributed by atoms with Gasteiger partial charge in [0.25, 0.3) is 0 Å². The molecule has 1 aliphatic rings. The number of nitrogens with one attached hydrogen (secondary N) is 2. The number of hydrogen-bond acceptors (Lipinski definition) is 4. The molecule has 6 nitrogen and oxygen atoms in total. The molecular formula is C22H20N6. The Morgan fingerprint density at radius 3 is 3.04 bits per heavy atom. The van der Waals surface area contributed by atoms with Crippen molar-refractivity contribution in [1.29, 1.82) is 5.26 Å². The highest BCUT2D eigenvalue weighted by molar-refractivity contribution is 5.94. The Hall–Kier alpha value is -3.59. The van der Waals surface area contributed by atoms with Crippen molar-refractivity contribution in [3.8, 4) is 17.3 Å².